The van der Waals surface area contributed by atoms with Crippen LogP contribution in [0.5, 0.6) is 0 Å². The molecule has 0 unspecified atom stereocenters. The highest BCUT2D eigenvalue weighted by atomic mass is 35.5. The lowest BCUT2D eigenvalue weighted by Crippen LogP contribution is -2.37. The predicted octanol–water partition coefficient (Wildman–Crippen LogP) is 3.79. The topological polar surface area (TPSA) is 32.3 Å². The van der Waals surface area contributed by atoms with E-state index >= 15 is 0 Å². The molecule has 0 fully saturated rings. The van der Waals surface area contributed by atoms with Gasteiger partial charge in [-0.25, -0.2) is 4.79 Å². The highest BCUT2D eigenvalue weighted by Crippen LogP contribution is 2.22. The first-order valence-corrected chi connectivity index (χ1v) is 7.61. The lowest BCUT2D eigenvalue weighted by Gasteiger charge is -2.17. The predicted molar refractivity (Wildman–Crippen MR) is 84.3 cm³/mol. The first kappa shape index (κ1) is 14.9. The van der Waals surface area contributed by atoms with Crippen LogP contribution in [0.3, 0.4) is 0 Å². The van der Waals surface area contributed by atoms with Crippen molar-refractivity contribution in [2.45, 2.75) is 13.0 Å². The van der Waals surface area contributed by atoms with Gasteiger partial charge in [-0.05, 0) is 24.1 Å². The number of carbonyl (C=O) groups is 1. The number of thiophene rings is 1. The van der Waals surface area contributed by atoms with Crippen LogP contribution in [0.25, 0.3) is 0 Å². The van der Waals surface area contributed by atoms with Gasteiger partial charge < -0.3 is 10.2 Å². The molecule has 0 radical (unpaired) electrons. The zero-order valence-corrected chi connectivity index (χ0v) is 12.9. The number of nitrogens with one attached hydrogen (secondary N) is 1. The molecule has 0 saturated heterocycles. The number of carbonyl (C=O) groups excluding carboxylic acids is 1. The van der Waals surface area contributed by atoms with Crippen LogP contribution in [0.4, 0.5) is 4.79 Å². The quantitative estimate of drug-likeness (QED) is 0.895. The average Bonchev–Trinajstić information content (AvgIpc) is 2.85. The Hall–Kier alpha value is -1.52. The minimum absolute atomic E-state index is 0.0644. The third-order valence-corrected chi connectivity index (χ3v) is 4.12. The van der Waals surface area contributed by atoms with Gasteiger partial charge in [0.15, 0.2) is 0 Å². The van der Waals surface area contributed by atoms with E-state index < -0.39 is 0 Å². The fourth-order valence-corrected chi connectivity index (χ4v) is 2.98. The lowest BCUT2D eigenvalue weighted by atomic mass is 10.1. The van der Waals surface area contributed by atoms with Crippen LogP contribution < -0.4 is 5.32 Å². The largest absolute Gasteiger partial charge is 0.338 e. The molecule has 2 amide bonds. The molecule has 0 aliphatic carbocycles. The monoisotopic (exact) mass is 308 g/mol. The van der Waals surface area contributed by atoms with Crippen LogP contribution in [0.15, 0.2) is 42.5 Å². The number of hydrogen-bond acceptors (Lipinski definition) is 2. The summed E-state index contributed by atoms with van der Waals surface area (Å²) in [6.45, 7) is 1.22. The van der Waals surface area contributed by atoms with Gasteiger partial charge in [0, 0.05) is 18.5 Å². The second kappa shape index (κ2) is 7.31. The average molecular weight is 309 g/mol. The molecule has 0 aliphatic rings. The maximum Gasteiger partial charge on any atom is 0.317 e. The number of amides is 2. The number of hydrogen-bond donors (Lipinski definition) is 1. The number of rotatable bonds is 5. The number of benzene rings is 1. The highest BCUT2D eigenvalue weighted by Gasteiger charge is 2.09. The van der Waals surface area contributed by atoms with Crippen LogP contribution in [0.2, 0.25) is 4.34 Å². The summed E-state index contributed by atoms with van der Waals surface area (Å²) in [4.78, 5) is 14.7. The molecule has 3 nitrogen and oxygen atoms in total. The van der Waals surface area contributed by atoms with Crippen molar-refractivity contribution in [1.82, 2.24) is 10.2 Å². The molecule has 0 aliphatic heterocycles. The second-order valence-electron chi connectivity index (χ2n) is 4.53. The van der Waals surface area contributed by atoms with Gasteiger partial charge in [0.1, 0.15) is 0 Å². The van der Waals surface area contributed by atoms with E-state index in [9.17, 15) is 4.79 Å². The normalized spacial score (nSPS) is 10.3. The fourth-order valence-electron chi connectivity index (χ4n) is 1.84. The molecule has 1 N–H and O–H groups in total. The molecule has 0 bridgehead atoms. The Morgan fingerprint density at radius 1 is 1.25 bits per heavy atom. The summed E-state index contributed by atoms with van der Waals surface area (Å²) in [6.07, 6.45) is 0.839. The van der Waals surface area contributed by atoms with Crippen molar-refractivity contribution < 1.29 is 4.79 Å². The minimum atomic E-state index is -0.0644. The molecule has 0 spiro atoms. The molecule has 1 heterocycles. The van der Waals surface area contributed by atoms with Crippen molar-refractivity contribution in [1.29, 1.82) is 0 Å². The fraction of sp³-hybridized carbons (Fsp3) is 0.267. The Kier molecular flexibility index (Phi) is 5.44. The molecule has 0 saturated carbocycles. The Morgan fingerprint density at radius 3 is 2.65 bits per heavy atom. The Balaban J connectivity index is 1.74. The Labute approximate surface area is 128 Å². The van der Waals surface area contributed by atoms with Crippen molar-refractivity contribution >= 4 is 29.0 Å². The third kappa shape index (κ3) is 4.54. The first-order chi connectivity index (χ1) is 9.65. The number of nitrogens with zero attached hydrogens (tertiary/aromatic N) is 1. The van der Waals surface area contributed by atoms with Crippen molar-refractivity contribution in [2.24, 2.45) is 0 Å². The minimum Gasteiger partial charge on any atom is -0.338 e. The summed E-state index contributed by atoms with van der Waals surface area (Å²) in [5, 5.41) is 2.92. The van der Waals surface area contributed by atoms with Crippen LogP contribution in [-0.2, 0) is 13.0 Å². The molecule has 20 heavy (non-hydrogen) atoms. The van der Waals surface area contributed by atoms with E-state index in [0.29, 0.717) is 13.1 Å². The van der Waals surface area contributed by atoms with E-state index in [1.165, 1.54) is 16.9 Å². The molecule has 2 aromatic rings. The van der Waals surface area contributed by atoms with Crippen LogP contribution in [0.1, 0.15) is 10.4 Å². The second-order valence-corrected chi connectivity index (χ2v) is 6.33. The van der Waals surface area contributed by atoms with E-state index in [-0.39, 0.29) is 6.03 Å². The Bertz CT molecular complexity index is 556. The maximum atomic E-state index is 11.9. The lowest BCUT2D eigenvalue weighted by molar-refractivity contribution is 0.207. The maximum absolute atomic E-state index is 11.9. The first-order valence-electron chi connectivity index (χ1n) is 6.42. The summed E-state index contributed by atoms with van der Waals surface area (Å²) in [7, 11) is 1.78. The van der Waals surface area contributed by atoms with Gasteiger partial charge in [-0.15, -0.1) is 11.3 Å². The summed E-state index contributed by atoms with van der Waals surface area (Å²) in [5.41, 5.74) is 1.22. The molecule has 0 atom stereocenters. The van der Waals surface area contributed by atoms with E-state index in [4.69, 9.17) is 11.6 Å². The van der Waals surface area contributed by atoms with Crippen molar-refractivity contribution in [3.63, 3.8) is 0 Å². The molecular formula is C15H17ClN2OS. The van der Waals surface area contributed by atoms with Gasteiger partial charge in [0.05, 0.1) is 10.9 Å². The number of halogens is 1. The van der Waals surface area contributed by atoms with Gasteiger partial charge in [0.25, 0.3) is 0 Å². The van der Waals surface area contributed by atoms with Crippen LogP contribution in [-0.4, -0.2) is 24.5 Å². The van der Waals surface area contributed by atoms with Crippen LogP contribution >= 0.6 is 22.9 Å². The standard InChI is InChI=1S/C15H17ClN2OS/c1-18(11-13-7-8-14(16)20-13)15(19)17-10-9-12-5-3-2-4-6-12/h2-8H,9-11H2,1H3,(H,17,19). The highest BCUT2D eigenvalue weighted by molar-refractivity contribution is 7.16. The molecule has 106 valence electrons. The molecule has 1 aromatic heterocycles. The molecule has 2 rings (SSSR count). The molecule has 1 aromatic carbocycles. The summed E-state index contributed by atoms with van der Waals surface area (Å²) < 4.78 is 0.748. The van der Waals surface area contributed by atoms with Gasteiger partial charge in [-0.2, -0.15) is 0 Å². The molecule has 5 heteroatoms. The van der Waals surface area contributed by atoms with Crippen molar-refractivity contribution in [3.8, 4) is 0 Å². The third-order valence-electron chi connectivity index (χ3n) is 2.90. The van der Waals surface area contributed by atoms with Crippen molar-refractivity contribution in [2.75, 3.05) is 13.6 Å². The summed E-state index contributed by atoms with van der Waals surface area (Å²) in [5.74, 6) is 0. The van der Waals surface area contributed by atoms with E-state index in [0.717, 1.165) is 15.6 Å². The zero-order valence-electron chi connectivity index (χ0n) is 11.3. The smallest absolute Gasteiger partial charge is 0.317 e. The van der Waals surface area contributed by atoms with Gasteiger partial charge in [0.2, 0.25) is 0 Å². The van der Waals surface area contributed by atoms with Crippen molar-refractivity contribution in [3.05, 3.63) is 57.2 Å². The van der Waals surface area contributed by atoms with Crippen LogP contribution in [0, 0.1) is 0 Å². The zero-order chi connectivity index (χ0) is 14.4. The van der Waals surface area contributed by atoms with Gasteiger partial charge >= 0.3 is 6.03 Å². The van der Waals surface area contributed by atoms with E-state index in [1.807, 2.05) is 30.3 Å². The van der Waals surface area contributed by atoms with E-state index in [1.54, 1.807) is 11.9 Å². The molecular weight excluding hydrogens is 292 g/mol. The van der Waals surface area contributed by atoms with Gasteiger partial charge in [-0.1, -0.05) is 41.9 Å². The SMILES string of the molecule is CN(Cc1ccc(Cl)s1)C(=O)NCCc1ccccc1. The summed E-state index contributed by atoms with van der Waals surface area (Å²) >= 11 is 7.37. The van der Waals surface area contributed by atoms with Gasteiger partial charge in [-0.3, -0.25) is 0 Å². The number of urea groups is 1. The van der Waals surface area contributed by atoms with E-state index in [2.05, 4.69) is 17.4 Å². The summed E-state index contributed by atoms with van der Waals surface area (Å²) in [6, 6.07) is 13.8. The Morgan fingerprint density at radius 2 is 2.00 bits per heavy atom.